The summed E-state index contributed by atoms with van der Waals surface area (Å²) in [6.45, 7) is 6.67. The monoisotopic (exact) mass is 517 g/mol. The highest BCUT2D eigenvalue weighted by atomic mass is 16.4. The number of aliphatic hydroxyl groups is 1. The Kier molecular flexibility index (Phi) is 11.1. The average Bonchev–Trinajstić information content (AvgIpc) is 3.23. The molecule has 0 saturated heterocycles. The van der Waals surface area contributed by atoms with E-state index in [-0.39, 0.29) is 31.1 Å². The number of rotatable bonds is 14. The van der Waals surface area contributed by atoms with Crippen molar-refractivity contribution in [1.29, 1.82) is 0 Å². The first-order valence-electron chi connectivity index (χ1n) is 12.5. The van der Waals surface area contributed by atoms with Gasteiger partial charge in [-0.05, 0) is 42.7 Å². The number of carboxylic acid groups (broad SMARTS) is 1. The van der Waals surface area contributed by atoms with Crippen molar-refractivity contribution in [3.05, 3.63) is 36.0 Å². The normalized spacial score (nSPS) is 14.7. The zero-order valence-corrected chi connectivity index (χ0v) is 21.8. The van der Waals surface area contributed by atoms with E-state index >= 15 is 0 Å². The number of H-pyrrole nitrogens is 1. The molecule has 2 rings (SSSR count). The molecule has 0 bridgehead atoms. The van der Waals surface area contributed by atoms with Crippen LogP contribution in [0, 0.1) is 11.8 Å². The third-order valence-corrected chi connectivity index (χ3v) is 5.93. The molecule has 0 aliphatic heterocycles. The zero-order chi connectivity index (χ0) is 27.7. The molecular weight excluding hydrogens is 478 g/mol. The Bertz CT molecular complexity index is 1080. The number of aliphatic hydroxyl groups excluding tert-OH is 1. The summed E-state index contributed by atoms with van der Waals surface area (Å²) >= 11 is 0. The van der Waals surface area contributed by atoms with Crippen LogP contribution in [-0.2, 0) is 25.6 Å². The Hall–Kier alpha value is -3.44. The van der Waals surface area contributed by atoms with Crippen molar-refractivity contribution < 1.29 is 29.4 Å². The molecule has 4 atom stereocenters. The van der Waals surface area contributed by atoms with Crippen molar-refractivity contribution in [2.45, 2.75) is 71.1 Å². The first-order chi connectivity index (χ1) is 17.4. The van der Waals surface area contributed by atoms with Crippen LogP contribution in [0.25, 0.3) is 10.9 Å². The van der Waals surface area contributed by atoms with E-state index in [4.69, 9.17) is 5.73 Å². The van der Waals surface area contributed by atoms with Gasteiger partial charge in [0.1, 0.15) is 18.1 Å². The zero-order valence-electron chi connectivity index (χ0n) is 21.8. The lowest BCUT2D eigenvalue weighted by Crippen LogP contribution is -2.58. The topological polar surface area (TPSA) is 187 Å². The summed E-state index contributed by atoms with van der Waals surface area (Å²) in [7, 11) is 0. The molecule has 1 aromatic carbocycles. The molecule has 37 heavy (non-hydrogen) atoms. The molecule has 204 valence electrons. The van der Waals surface area contributed by atoms with Gasteiger partial charge in [-0.25, -0.2) is 4.79 Å². The molecule has 11 nitrogen and oxygen atoms in total. The Morgan fingerprint density at radius 1 is 0.865 bits per heavy atom. The van der Waals surface area contributed by atoms with Crippen LogP contribution in [0.15, 0.2) is 30.5 Å². The van der Waals surface area contributed by atoms with Crippen molar-refractivity contribution in [1.82, 2.24) is 20.9 Å². The molecule has 0 aliphatic carbocycles. The van der Waals surface area contributed by atoms with Crippen LogP contribution < -0.4 is 21.7 Å². The van der Waals surface area contributed by atoms with Crippen molar-refractivity contribution in [3.8, 4) is 0 Å². The van der Waals surface area contributed by atoms with Gasteiger partial charge in [0, 0.05) is 17.1 Å². The molecule has 0 saturated carbocycles. The first-order valence-corrected chi connectivity index (χ1v) is 12.5. The smallest absolute Gasteiger partial charge is 0.326 e. The van der Waals surface area contributed by atoms with E-state index in [1.165, 1.54) is 0 Å². The standard InChI is InChI=1S/C26H39N5O6/c1-14(2)9-20(24(34)30-21(26(36)37)10-15(3)4)29-25(35)22(13-32)31-23(33)18(27)11-16-12-28-19-8-6-5-7-17(16)19/h5-8,12,14-15,18,20-22,28,32H,9-11,13,27H2,1-4H3,(H,29,35)(H,30,34)(H,31,33)(H,36,37). The molecule has 3 amide bonds. The number of fused-ring (bicyclic) bond motifs is 1. The number of carboxylic acids is 1. The van der Waals surface area contributed by atoms with E-state index in [2.05, 4.69) is 20.9 Å². The van der Waals surface area contributed by atoms with Crippen LogP contribution in [0.4, 0.5) is 0 Å². The Labute approximate surface area is 216 Å². The third-order valence-electron chi connectivity index (χ3n) is 5.93. The van der Waals surface area contributed by atoms with Gasteiger partial charge in [0.25, 0.3) is 0 Å². The maximum Gasteiger partial charge on any atom is 0.326 e. The minimum atomic E-state index is -1.34. The minimum Gasteiger partial charge on any atom is -0.480 e. The molecule has 11 heteroatoms. The molecule has 0 radical (unpaired) electrons. The van der Waals surface area contributed by atoms with E-state index in [9.17, 15) is 29.4 Å². The highest BCUT2D eigenvalue weighted by Crippen LogP contribution is 2.18. The fourth-order valence-corrected chi connectivity index (χ4v) is 4.04. The number of carbonyl (C=O) groups excluding carboxylic acids is 3. The van der Waals surface area contributed by atoms with E-state index < -0.39 is 54.5 Å². The number of hydrogen-bond acceptors (Lipinski definition) is 6. The summed E-state index contributed by atoms with van der Waals surface area (Å²) in [5.41, 5.74) is 7.83. The number of benzene rings is 1. The van der Waals surface area contributed by atoms with E-state index in [0.29, 0.717) is 0 Å². The largest absolute Gasteiger partial charge is 0.480 e. The first kappa shape index (κ1) is 29.8. The predicted octanol–water partition coefficient (Wildman–Crippen LogP) is 0.661. The Morgan fingerprint density at radius 2 is 1.41 bits per heavy atom. The van der Waals surface area contributed by atoms with Crippen molar-refractivity contribution in [2.75, 3.05) is 6.61 Å². The van der Waals surface area contributed by atoms with Gasteiger partial charge in [-0.1, -0.05) is 45.9 Å². The fraction of sp³-hybridized carbons (Fsp3) is 0.538. The van der Waals surface area contributed by atoms with Gasteiger partial charge in [0.05, 0.1) is 12.6 Å². The number of carbonyl (C=O) groups is 4. The van der Waals surface area contributed by atoms with E-state index in [1.54, 1.807) is 6.20 Å². The number of nitrogens with two attached hydrogens (primary N) is 1. The number of aromatic amines is 1. The minimum absolute atomic E-state index is 0.00353. The molecule has 1 heterocycles. The van der Waals surface area contributed by atoms with Gasteiger partial charge in [-0.3, -0.25) is 14.4 Å². The SMILES string of the molecule is CC(C)CC(NC(=O)C(CC(C)C)NC(=O)C(CO)NC(=O)C(N)Cc1c[nH]c2ccccc12)C(=O)O. The molecule has 4 unspecified atom stereocenters. The van der Waals surface area contributed by atoms with Crippen molar-refractivity contribution in [2.24, 2.45) is 17.6 Å². The van der Waals surface area contributed by atoms with Gasteiger partial charge in [-0.2, -0.15) is 0 Å². The van der Waals surface area contributed by atoms with Crippen LogP contribution in [0.1, 0.15) is 46.1 Å². The molecule has 0 spiro atoms. The van der Waals surface area contributed by atoms with Gasteiger partial charge in [-0.15, -0.1) is 0 Å². The Morgan fingerprint density at radius 3 is 2.00 bits per heavy atom. The average molecular weight is 518 g/mol. The molecule has 8 N–H and O–H groups in total. The second kappa shape index (κ2) is 13.8. The van der Waals surface area contributed by atoms with Crippen molar-refractivity contribution >= 4 is 34.6 Å². The van der Waals surface area contributed by atoms with Crippen LogP contribution >= 0.6 is 0 Å². The molecular formula is C26H39N5O6. The van der Waals surface area contributed by atoms with Crippen LogP contribution in [0.3, 0.4) is 0 Å². The Balaban J connectivity index is 2.04. The lowest BCUT2D eigenvalue weighted by Gasteiger charge is -2.25. The summed E-state index contributed by atoms with van der Waals surface area (Å²) in [6, 6.07) is 3.11. The highest BCUT2D eigenvalue weighted by molar-refractivity contribution is 5.94. The number of amides is 3. The number of para-hydroxylation sites is 1. The van der Waals surface area contributed by atoms with Crippen LogP contribution in [0.2, 0.25) is 0 Å². The lowest BCUT2D eigenvalue weighted by molar-refractivity contribution is -0.143. The maximum atomic E-state index is 12.9. The van der Waals surface area contributed by atoms with E-state index in [1.807, 2.05) is 52.0 Å². The number of aromatic nitrogens is 1. The van der Waals surface area contributed by atoms with Crippen molar-refractivity contribution in [3.63, 3.8) is 0 Å². The number of aliphatic carboxylic acids is 1. The van der Waals surface area contributed by atoms with Gasteiger partial charge in [0.15, 0.2) is 0 Å². The molecule has 2 aromatic rings. The summed E-state index contributed by atoms with van der Waals surface area (Å²) < 4.78 is 0. The number of nitrogens with one attached hydrogen (secondary N) is 4. The van der Waals surface area contributed by atoms with E-state index in [0.717, 1.165) is 16.5 Å². The second-order valence-corrected chi connectivity index (χ2v) is 10.1. The predicted molar refractivity (Wildman–Crippen MR) is 139 cm³/mol. The molecule has 0 aliphatic rings. The van der Waals surface area contributed by atoms with Gasteiger partial charge >= 0.3 is 5.97 Å². The number of hydrogen-bond donors (Lipinski definition) is 7. The van der Waals surface area contributed by atoms with Crippen LogP contribution in [-0.4, -0.2) is 69.7 Å². The molecule has 1 aromatic heterocycles. The second-order valence-electron chi connectivity index (χ2n) is 10.1. The fourth-order valence-electron chi connectivity index (χ4n) is 4.04. The lowest BCUT2D eigenvalue weighted by atomic mass is 10.00. The van der Waals surface area contributed by atoms with Crippen LogP contribution in [0.5, 0.6) is 0 Å². The summed E-state index contributed by atoms with van der Waals surface area (Å²) in [6.07, 6.45) is 2.44. The van der Waals surface area contributed by atoms with Gasteiger partial charge in [0.2, 0.25) is 17.7 Å². The summed E-state index contributed by atoms with van der Waals surface area (Å²) in [4.78, 5) is 53.2. The third kappa shape index (κ3) is 8.87. The maximum absolute atomic E-state index is 12.9. The molecule has 0 fully saturated rings. The summed E-state index contributed by atoms with van der Waals surface area (Å²) in [5, 5.41) is 27.6. The summed E-state index contributed by atoms with van der Waals surface area (Å²) in [5.74, 6) is -3.19. The highest BCUT2D eigenvalue weighted by Gasteiger charge is 2.31. The van der Waals surface area contributed by atoms with Gasteiger partial charge < -0.3 is 36.9 Å². The quantitative estimate of drug-likeness (QED) is 0.192.